The Labute approximate surface area is 159 Å². The lowest BCUT2D eigenvalue weighted by Gasteiger charge is -2.34. The molecule has 0 unspecified atom stereocenters. The molecule has 2 aromatic carbocycles. The first-order chi connectivity index (χ1) is 12.8. The Bertz CT molecular complexity index is 951. The minimum absolute atomic E-state index is 0.0267. The Morgan fingerprint density at radius 1 is 1.00 bits per heavy atom. The molecule has 5 nitrogen and oxygen atoms in total. The lowest BCUT2D eigenvalue weighted by atomic mass is 10.0. The van der Waals surface area contributed by atoms with E-state index < -0.39 is 15.8 Å². The van der Waals surface area contributed by atoms with Gasteiger partial charge in [0.05, 0.1) is 6.42 Å². The second-order valence-electron chi connectivity index (χ2n) is 6.81. The molecule has 1 fully saturated rings. The van der Waals surface area contributed by atoms with Gasteiger partial charge in [-0.3, -0.25) is 4.79 Å². The van der Waals surface area contributed by atoms with E-state index in [9.17, 15) is 17.6 Å². The maximum Gasteiger partial charge on any atom is 0.246 e. The van der Waals surface area contributed by atoms with Crippen LogP contribution in [0, 0.1) is 19.7 Å². The fraction of sp³-hybridized carbons (Fsp3) is 0.350. The van der Waals surface area contributed by atoms with Crippen molar-refractivity contribution in [1.82, 2.24) is 9.21 Å². The summed E-state index contributed by atoms with van der Waals surface area (Å²) in [4.78, 5) is 13.9. The van der Waals surface area contributed by atoms with Crippen LogP contribution in [0.5, 0.6) is 0 Å². The van der Waals surface area contributed by atoms with Gasteiger partial charge in [-0.25, -0.2) is 12.8 Å². The smallest absolute Gasteiger partial charge is 0.246 e. The van der Waals surface area contributed by atoms with E-state index in [-0.39, 0.29) is 23.9 Å². The number of nitrogens with zero attached hydrogens (tertiary/aromatic N) is 2. The molecule has 0 aromatic heterocycles. The first kappa shape index (κ1) is 19.5. The standard InChI is InChI=1S/C20H23FN2O3S/c1-15-7-8-17(13-16(15)2)14-20(24)22-9-11-23(12-10-22)27(25,26)19-6-4-3-5-18(19)21/h3-8,13H,9-12,14H2,1-2H3. The molecule has 0 bridgehead atoms. The van der Waals surface area contributed by atoms with E-state index in [1.54, 1.807) is 4.90 Å². The van der Waals surface area contributed by atoms with Crippen LogP contribution >= 0.6 is 0 Å². The predicted octanol–water partition coefficient (Wildman–Crippen LogP) is 2.52. The lowest BCUT2D eigenvalue weighted by molar-refractivity contribution is -0.131. The monoisotopic (exact) mass is 390 g/mol. The number of piperazine rings is 1. The van der Waals surface area contributed by atoms with E-state index in [4.69, 9.17) is 0 Å². The second kappa shape index (κ2) is 7.78. The summed E-state index contributed by atoms with van der Waals surface area (Å²) >= 11 is 0. The molecule has 1 amide bonds. The first-order valence-electron chi connectivity index (χ1n) is 8.87. The Morgan fingerprint density at radius 2 is 1.67 bits per heavy atom. The number of aryl methyl sites for hydroxylation is 2. The van der Waals surface area contributed by atoms with Gasteiger partial charge in [-0.1, -0.05) is 30.3 Å². The number of halogens is 1. The molecule has 0 atom stereocenters. The Morgan fingerprint density at radius 3 is 2.30 bits per heavy atom. The maximum atomic E-state index is 13.9. The third-order valence-corrected chi connectivity index (χ3v) is 6.90. The summed E-state index contributed by atoms with van der Waals surface area (Å²) in [6.45, 7) is 4.96. The number of hydrogen-bond donors (Lipinski definition) is 0. The summed E-state index contributed by atoms with van der Waals surface area (Å²) in [5.41, 5.74) is 3.27. The van der Waals surface area contributed by atoms with Crippen LogP contribution in [0.15, 0.2) is 47.4 Å². The summed E-state index contributed by atoms with van der Waals surface area (Å²) in [6.07, 6.45) is 0.293. The van der Waals surface area contributed by atoms with Gasteiger partial charge in [-0.2, -0.15) is 4.31 Å². The van der Waals surface area contributed by atoms with Gasteiger partial charge in [0.25, 0.3) is 0 Å². The van der Waals surface area contributed by atoms with Crippen LogP contribution < -0.4 is 0 Å². The zero-order valence-electron chi connectivity index (χ0n) is 15.5. The number of rotatable bonds is 4. The molecule has 1 aliphatic rings. The van der Waals surface area contributed by atoms with Crippen molar-refractivity contribution in [2.24, 2.45) is 0 Å². The molecule has 1 heterocycles. The Kier molecular flexibility index (Phi) is 5.62. The largest absolute Gasteiger partial charge is 0.340 e. The van der Waals surface area contributed by atoms with Crippen molar-refractivity contribution >= 4 is 15.9 Å². The van der Waals surface area contributed by atoms with Gasteiger partial charge in [0.1, 0.15) is 10.7 Å². The van der Waals surface area contributed by atoms with E-state index in [1.807, 2.05) is 32.0 Å². The van der Waals surface area contributed by atoms with Crippen molar-refractivity contribution in [3.8, 4) is 0 Å². The summed E-state index contributed by atoms with van der Waals surface area (Å²) in [5, 5.41) is 0. The van der Waals surface area contributed by atoms with Gasteiger partial charge in [0.15, 0.2) is 0 Å². The summed E-state index contributed by atoms with van der Waals surface area (Å²) < 4.78 is 40.4. The molecule has 144 valence electrons. The normalized spacial score (nSPS) is 15.7. The highest BCUT2D eigenvalue weighted by Gasteiger charge is 2.31. The molecule has 1 saturated heterocycles. The molecule has 1 aliphatic heterocycles. The molecular formula is C20H23FN2O3S. The molecule has 7 heteroatoms. The second-order valence-corrected chi connectivity index (χ2v) is 8.72. The van der Waals surface area contributed by atoms with Crippen LogP contribution in [-0.4, -0.2) is 49.7 Å². The lowest BCUT2D eigenvalue weighted by Crippen LogP contribution is -2.51. The predicted molar refractivity (Wildman–Crippen MR) is 101 cm³/mol. The number of sulfonamides is 1. The zero-order valence-corrected chi connectivity index (χ0v) is 16.3. The SMILES string of the molecule is Cc1ccc(CC(=O)N2CCN(S(=O)(=O)c3ccccc3F)CC2)cc1C. The van der Waals surface area contributed by atoms with E-state index in [0.717, 1.165) is 17.2 Å². The van der Waals surface area contributed by atoms with Crippen molar-refractivity contribution in [3.05, 3.63) is 65.0 Å². The fourth-order valence-corrected chi connectivity index (χ4v) is 4.66. The molecule has 0 N–H and O–H groups in total. The van der Waals surface area contributed by atoms with Gasteiger partial charge in [0.2, 0.25) is 15.9 Å². The third-order valence-electron chi connectivity index (χ3n) is 4.97. The van der Waals surface area contributed by atoms with Crippen LogP contribution in [0.4, 0.5) is 4.39 Å². The van der Waals surface area contributed by atoms with E-state index >= 15 is 0 Å². The molecular weight excluding hydrogens is 367 g/mol. The molecule has 2 aromatic rings. The number of carbonyl (C=O) groups is 1. The van der Waals surface area contributed by atoms with Crippen LogP contribution in [0.3, 0.4) is 0 Å². The van der Waals surface area contributed by atoms with Crippen molar-refractivity contribution < 1.29 is 17.6 Å². The summed E-state index contributed by atoms with van der Waals surface area (Å²) in [7, 11) is -3.89. The average Bonchev–Trinajstić information content (AvgIpc) is 2.65. The highest BCUT2D eigenvalue weighted by Crippen LogP contribution is 2.21. The third kappa shape index (κ3) is 4.20. The van der Waals surface area contributed by atoms with Gasteiger partial charge in [0, 0.05) is 26.2 Å². The molecule has 27 heavy (non-hydrogen) atoms. The number of amides is 1. The van der Waals surface area contributed by atoms with Gasteiger partial charge < -0.3 is 4.90 Å². The first-order valence-corrected chi connectivity index (χ1v) is 10.3. The molecule has 0 saturated carbocycles. The van der Waals surface area contributed by atoms with Crippen LogP contribution in [0.25, 0.3) is 0 Å². The molecule has 0 radical (unpaired) electrons. The van der Waals surface area contributed by atoms with Gasteiger partial charge in [-0.15, -0.1) is 0 Å². The Balaban J connectivity index is 1.63. The van der Waals surface area contributed by atoms with E-state index in [0.29, 0.717) is 19.5 Å². The average molecular weight is 390 g/mol. The van der Waals surface area contributed by atoms with Crippen molar-refractivity contribution in [1.29, 1.82) is 0 Å². The van der Waals surface area contributed by atoms with Crippen molar-refractivity contribution in [2.45, 2.75) is 25.2 Å². The highest BCUT2D eigenvalue weighted by atomic mass is 32.2. The maximum absolute atomic E-state index is 13.9. The van der Waals surface area contributed by atoms with E-state index in [1.165, 1.54) is 28.1 Å². The number of hydrogen-bond acceptors (Lipinski definition) is 3. The molecule has 0 spiro atoms. The van der Waals surface area contributed by atoms with Crippen molar-refractivity contribution in [2.75, 3.05) is 26.2 Å². The van der Waals surface area contributed by atoms with Crippen LogP contribution in [-0.2, 0) is 21.2 Å². The summed E-state index contributed by atoms with van der Waals surface area (Å²) in [5.74, 6) is -0.785. The van der Waals surface area contributed by atoms with E-state index in [2.05, 4.69) is 0 Å². The van der Waals surface area contributed by atoms with Crippen LogP contribution in [0.1, 0.15) is 16.7 Å². The molecule has 0 aliphatic carbocycles. The minimum atomic E-state index is -3.89. The van der Waals surface area contributed by atoms with Gasteiger partial charge in [-0.05, 0) is 42.7 Å². The minimum Gasteiger partial charge on any atom is -0.340 e. The molecule has 3 rings (SSSR count). The number of benzene rings is 2. The topological polar surface area (TPSA) is 57.7 Å². The van der Waals surface area contributed by atoms with Gasteiger partial charge >= 0.3 is 0 Å². The quantitative estimate of drug-likeness (QED) is 0.806. The van der Waals surface area contributed by atoms with Crippen LogP contribution in [0.2, 0.25) is 0 Å². The zero-order chi connectivity index (χ0) is 19.6. The van der Waals surface area contributed by atoms with Crippen molar-refractivity contribution in [3.63, 3.8) is 0 Å². The summed E-state index contributed by atoms with van der Waals surface area (Å²) in [6, 6.07) is 11.3. The fourth-order valence-electron chi connectivity index (χ4n) is 3.17. The Hall–Kier alpha value is -2.25. The highest BCUT2D eigenvalue weighted by molar-refractivity contribution is 7.89. The number of carbonyl (C=O) groups excluding carboxylic acids is 1.